The molecule has 0 radical (unpaired) electrons. The molecule has 0 aliphatic carbocycles. The number of hydrogen-bond donors (Lipinski definition) is 0. The fraction of sp³-hybridized carbons (Fsp3) is 0.800. The Hall–Kier alpha value is -1.25. The van der Waals surface area contributed by atoms with Gasteiger partial charge >= 0.3 is 0 Å². The van der Waals surface area contributed by atoms with Crippen molar-refractivity contribution in [3.05, 3.63) is 18.3 Å². The van der Waals surface area contributed by atoms with E-state index in [-0.39, 0.29) is 0 Å². The van der Waals surface area contributed by atoms with Gasteiger partial charge in [-0.3, -0.25) is 0 Å². The summed E-state index contributed by atoms with van der Waals surface area (Å²) in [6, 6.07) is 3.90. The Labute approximate surface area is 174 Å². The van der Waals surface area contributed by atoms with Gasteiger partial charge in [0.2, 0.25) is 0 Å². The zero-order valence-electron chi connectivity index (χ0n) is 18.7. The Balaban J connectivity index is 2.06. The molecule has 0 N–H and O–H groups in total. The van der Waals surface area contributed by atoms with Crippen LogP contribution < -0.4 is 9.47 Å². The van der Waals surface area contributed by atoms with Crippen LogP contribution in [0.5, 0.6) is 11.6 Å². The van der Waals surface area contributed by atoms with Crippen molar-refractivity contribution in [3.8, 4) is 11.6 Å². The number of rotatable bonds is 20. The summed E-state index contributed by atoms with van der Waals surface area (Å²) in [4.78, 5) is 4.36. The van der Waals surface area contributed by atoms with E-state index in [1.165, 1.54) is 89.9 Å². The second kappa shape index (κ2) is 19.1. The van der Waals surface area contributed by atoms with Crippen LogP contribution in [-0.2, 0) is 0 Å². The largest absolute Gasteiger partial charge is 0.488 e. The van der Waals surface area contributed by atoms with Crippen LogP contribution in [0.15, 0.2) is 18.3 Å². The van der Waals surface area contributed by atoms with Crippen LogP contribution in [0.3, 0.4) is 0 Å². The van der Waals surface area contributed by atoms with Crippen molar-refractivity contribution in [1.29, 1.82) is 0 Å². The van der Waals surface area contributed by atoms with Crippen molar-refractivity contribution in [3.63, 3.8) is 0 Å². The summed E-state index contributed by atoms with van der Waals surface area (Å²) < 4.78 is 11.8. The average molecular weight is 392 g/mol. The topological polar surface area (TPSA) is 31.4 Å². The zero-order chi connectivity index (χ0) is 20.1. The minimum Gasteiger partial charge on any atom is -0.488 e. The molecule has 162 valence electrons. The van der Waals surface area contributed by atoms with Gasteiger partial charge in [-0.15, -0.1) is 0 Å². The van der Waals surface area contributed by atoms with Gasteiger partial charge in [-0.1, -0.05) is 104 Å². The van der Waals surface area contributed by atoms with E-state index in [1.807, 2.05) is 12.1 Å². The maximum Gasteiger partial charge on any atom is 0.256 e. The quantitative estimate of drug-likeness (QED) is 0.210. The van der Waals surface area contributed by atoms with Crippen molar-refractivity contribution >= 4 is 0 Å². The molecule has 3 heteroatoms. The lowest BCUT2D eigenvalue weighted by atomic mass is 10.1. The van der Waals surface area contributed by atoms with Gasteiger partial charge in [-0.05, 0) is 25.0 Å². The minimum absolute atomic E-state index is 0.657. The first kappa shape index (κ1) is 24.8. The molecule has 0 aromatic carbocycles. The number of hydrogen-bond acceptors (Lipinski definition) is 3. The third-order valence-electron chi connectivity index (χ3n) is 5.23. The van der Waals surface area contributed by atoms with Crippen LogP contribution in [0.2, 0.25) is 0 Å². The second-order valence-electron chi connectivity index (χ2n) is 7.95. The van der Waals surface area contributed by atoms with Gasteiger partial charge in [0.1, 0.15) is 0 Å². The number of pyridine rings is 1. The van der Waals surface area contributed by atoms with Gasteiger partial charge in [0.25, 0.3) is 5.88 Å². The van der Waals surface area contributed by atoms with Gasteiger partial charge in [0.15, 0.2) is 5.75 Å². The highest BCUT2D eigenvalue weighted by Gasteiger charge is 2.05. The average Bonchev–Trinajstić information content (AvgIpc) is 2.72. The monoisotopic (exact) mass is 391 g/mol. The van der Waals surface area contributed by atoms with Crippen molar-refractivity contribution in [1.82, 2.24) is 4.98 Å². The minimum atomic E-state index is 0.657. The molecular weight excluding hydrogens is 346 g/mol. The molecule has 0 spiro atoms. The Morgan fingerprint density at radius 2 is 1.07 bits per heavy atom. The fourth-order valence-corrected chi connectivity index (χ4v) is 3.42. The highest BCUT2D eigenvalue weighted by Crippen LogP contribution is 2.24. The second-order valence-corrected chi connectivity index (χ2v) is 7.95. The van der Waals surface area contributed by atoms with E-state index in [4.69, 9.17) is 9.47 Å². The first-order chi connectivity index (χ1) is 13.9. The van der Waals surface area contributed by atoms with Gasteiger partial charge in [-0.2, -0.15) is 0 Å². The van der Waals surface area contributed by atoms with Crippen molar-refractivity contribution in [2.45, 2.75) is 117 Å². The summed E-state index contributed by atoms with van der Waals surface area (Å²) in [6.07, 6.45) is 22.8. The molecular formula is C25H45NO2. The Morgan fingerprint density at radius 1 is 0.607 bits per heavy atom. The predicted molar refractivity (Wildman–Crippen MR) is 120 cm³/mol. The molecule has 0 aliphatic rings. The van der Waals surface area contributed by atoms with Gasteiger partial charge in [0.05, 0.1) is 13.2 Å². The molecule has 0 unspecified atom stereocenters. The normalized spacial score (nSPS) is 10.9. The first-order valence-corrected chi connectivity index (χ1v) is 12.1. The Bertz CT molecular complexity index is 409. The molecule has 0 atom stereocenters. The molecule has 0 aliphatic heterocycles. The number of ether oxygens (including phenoxy) is 2. The summed E-state index contributed by atoms with van der Waals surface area (Å²) in [5.74, 6) is 1.45. The molecule has 1 rings (SSSR count). The standard InChI is InChI=1S/C25H45NO2/c1-3-5-7-9-11-13-15-17-22-27-24-20-19-21-26-25(24)28-23-18-16-14-12-10-8-6-4-2/h19-21H,3-18,22-23H2,1-2H3. The van der Waals surface area contributed by atoms with E-state index in [0.29, 0.717) is 5.88 Å². The summed E-state index contributed by atoms with van der Waals surface area (Å²) in [5, 5.41) is 0. The zero-order valence-corrected chi connectivity index (χ0v) is 18.7. The lowest BCUT2D eigenvalue weighted by Gasteiger charge is -2.11. The van der Waals surface area contributed by atoms with E-state index < -0.39 is 0 Å². The summed E-state index contributed by atoms with van der Waals surface area (Å²) in [5.41, 5.74) is 0. The molecule has 0 saturated heterocycles. The van der Waals surface area contributed by atoms with Gasteiger partial charge in [-0.25, -0.2) is 4.98 Å². The molecule has 0 fully saturated rings. The van der Waals surface area contributed by atoms with Crippen molar-refractivity contribution < 1.29 is 9.47 Å². The third kappa shape index (κ3) is 13.8. The van der Waals surface area contributed by atoms with Crippen molar-refractivity contribution in [2.75, 3.05) is 13.2 Å². The SMILES string of the molecule is CCCCCCCCCCOc1cccnc1OCCCCCCCCCC. The highest BCUT2D eigenvalue weighted by molar-refractivity contribution is 5.32. The number of aromatic nitrogens is 1. The summed E-state index contributed by atoms with van der Waals surface area (Å²) >= 11 is 0. The molecule has 0 bridgehead atoms. The number of nitrogens with zero attached hydrogens (tertiary/aromatic N) is 1. The van der Waals surface area contributed by atoms with E-state index in [2.05, 4.69) is 18.8 Å². The molecule has 1 heterocycles. The van der Waals surface area contributed by atoms with Crippen LogP contribution in [0.4, 0.5) is 0 Å². The maximum absolute atomic E-state index is 5.93. The Morgan fingerprint density at radius 3 is 1.61 bits per heavy atom. The molecule has 3 nitrogen and oxygen atoms in total. The van der Waals surface area contributed by atoms with Gasteiger partial charge in [0, 0.05) is 6.20 Å². The highest BCUT2D eigenvalue weighted by atomic mass is 16.5. The predicted octanol–water partition coefficient (Wildman–Crippen LogP) is 8.12. The first-order valence-electron chi connectivity index (χ1n) is 12.1. The van der Waals surface area contributed by atoms with E-state index in [9.17, 15) is 0 Å². The van der Waals surface area contributed by atoms with E-state index in [0.717, 1.165) is 31.8 Å². The Kier molecular flexibility index (Phi) is 16.9. The molecule has 0 saturated carbocycles. The van der Waals surface area contributed by atoms with Crippen LogP contribution >= 0.6 is 0 Å². The van der Waals surface area contributed by atoms with Crippen molar-refractivity contribution in [2.24, 2.45) is 0 Å². The van der Waals surface area contributed by atoms with Crippen LogP contribution in [-0.4, -0.2) is 18.2 Å². The van der Waals surface area contributed by atoms with Gasteiger partial charge < -0.3 is 9.47 Å². The summed E-state index contributed by atoms with van der Waals surface area (Å²) in [7, 11) is 0. The molecule has 1 aromatic heterocycles. The molecule has 1 aromatic rings. The molecule has 28 heavy (non-hydrogen) atoms. The number of unbranched alkanes of at least 4 members (excludes halogenated alkanes) is 14. The lowest BCUT2D eigenvalue weighted by molar-refractivity contribution is 0.250. The van der Waals surface area contributed by atoms with Crippen LogP contribution in [0, 0.1) is 0 Å². The lowest BCUT2D eigenvalue weighted by Crippen LogP contribution is -2.04. The van der Waals surface area contributed by atoms with Crippen LogP contribution in [0.1, 0.15) is 117 Å². The van der Waals surface area contributed by atoms with Crippen LogP contribution in [0.25, 0.3) is 0 Å². The third-order valence-corrected chi connectivity index (χ3v) is 5.23. The smallest absolute Gasteiger partial charge is 0.256 e. The summed E-state index contributed by atoms with van der Waals surface area (Å²) in [6.45, 7) is 6.03. The fourth-order valence-electron chi connectivity index (χ4n) is 3.42. The molecule has 0 amide bonds. The maximum atomic E-state index is 5.93. The van der Waals surface area contributed by atoms with E-state index >= 15 is 0 Å². The van der Waals surface area contributed by atoms with E-state index in [1.54, 1.807) is 6.20 Å².